The highest BCUT2D eigenvalue weighted by Gasteiger charge is 2.48. The van der Waals surface area contributed by atoms with Crippen molar-refractivity contribution >= 4 is 0 Å². The summed E-state index contributed by atoms with van der Waals surface area (Å²) in [6.45, 7) is 3.38. The molecule has 1 aromatic rings. The number of fused-ring (bicyclic) bond motifs is 1. The minimum absolute atomic E-state index is 0.947. The molecule has 3 nitrogen and oxygen atoms in total. The minimum atomic E-state index is 0.947. The van der Waals surface area contributed by atoms with Gasteiger partial charge in [0.15, 0.2) is 0 Å². The Morgan fingerprint density at radius 1 is 1.10 bits per heavy atom. The Hall–Kier alpha value is -0.830. The fourth-order valence-corrected chi connectivity index (χ4v) is 6.00. The molecule has 1 N–H and O–H groups in total. The zero-order chi connectivity index (χ0) is 13.1. The molecule has 20 heavy (non-hydrogen) atoms. The van der Waals surface area contributed by atoms with Gasteiger partial charge >= 0.3 is 0 Å². The number of aromatic nitrogens is 2. The Bertz CT molecular complexity index is 490. The maximum atomic E-state index is 4.66. The van der Waals surface area contributed by atoms with Crippen molar-refractivity contribution in [1.82, 2.24) is 14.9 Å². The smallest absolute Gasteiger partial charge is 0.0952 e. The molecule has 3 heteroatoms. The first-order chi connectivity index (χ1) is 9.87. The lowest BCUT2D eigenvalue weighted by Crippen LogP contribution is -2.46. The number of nitrogens with zero attached hydrogens (tertiary/aromatic N) is 2. The molecule has 5 aliphatic rings. The van der Waals surface area contributed by atoms with Gasteiger partial charge in [0, 0.05) is 26.1 Å². The van der Waals surface area contributed by atoms with Crippen LogP contribution in [0.3, 0.4) is 0 Å². The Morgan fingerprint density at radius 3 is 2.60 bits per heavy atom. The van der Waals surface area contributed by atoms with Crippen molar-refractivity contribution in [2.45, 2.75) is 51.6 Å². The topological polar surface area (TPSA) is 29.9 Å². The van der Waals surface area contributed by atoms with Gasteiger partial charge < -0.3 is 9.88 Å². The van der Waals surface area contributed by atoms with Gasteiger partial charge in [-0.05, 0) is 61.7 Å². The lowest BCUT2D eigenvalue weighted by Gasteiger charge is -2.54. The molecule has 1 aromatic heterocycles. The van der Waals surface area contributed by atoms with E-state index >= 15 is 0 Å². The molecule has 0 unspecified atom stereocenters. The summed E-state index contributed by atoms with van der Waals surface area (Å²) in [6.07, 6.45) is 10.9. The third kappa shape index (κ3) is 1.71. The van der Waals surface area contributed by atoms with Crippen LogP contribution in [0.5, 0.6) is 0 Å². The lowest BCUT2D eigenvalue weighted by molar-refractivity contribution is -0.0433. The Kier molecular flexibility index (Phi) is 2.55. The average molecular weight is 271 g/mol. The number of nitrogens with one attached hydrogen (secondary N) is 1. The maximum Gasteiger partial charge on any atom is 0.0952 e. The molecule has 0 radical (unpaired) electrons. The van der Waals surface area contributed by atoms with Gasteiger partial charge in [-0.1, -0.05) is 0 Å². The van der Waals surface area contributed by atoms with E-state index in [-0.39, 0.29) is 0 Å². The predicted molar refractivity (Wildman–Crippen MR) is 78.2 cm³/mol. The molecule has 0 amide bonds. The van der Waals surface area contributed by atoms with E-state index in [9.17, 15) is 0 Å². The fraction of sp³-hybridized carbons (Fsp3) is 0.824. The second-order valence-electron chi connectivity index (χ2n) is 7.81. The highest BCUT2D eigenvalue weighted by molar-refractivity contribution is 5.16. The maximum absolute atomic E-state index is 4.66. The quantitative estimate of drug-likeness (QED) is 0.896. The molecule has 0 spiro atoms. The SMILES string of the molecule is c1nc2c(n1CC1C3CC4CC(C3)CC1C4)CNCC2. The van der Waals surface area contributed by atoms with Gasteiger partial charge in [-0.25, -0.2) is 4.98 Å². The molecule has 2 heterocycles. The van der Waals surface area contributed by atoms with Crippen LogP contribution in [0.15, 0.2) is 6.33 Å². The normalized spacial score (nSPS) is 41.9. The Balaban J connectivity index is 1.40. The van der Waals surface area contributed by atoms with Crippen LogP contribution in [0.4, 0.5) is 0 Å². The van der Waals surface area contributed by atoms with E-state index < -0.39 is 0 Å². The molecule has 0 saturated heterocycles. The average Bonchev–Trinajstić information content (AvgIpc) is 2.85. The second-order valence-corrected chi connectivity index (χ2v) is 7.81. The summed E-state index contributed by atoms with van der Waals surface area (Å²) in [7, 11) is 0. The summed E-state index contributed by atoms with van der Waals surface area (Å²) in [5, 5.41) is 3.51. The van der Waals surface area contributed by atoms with Crippen LogP contribution >= 0.6 is 0 Å². The molecule has 4 fully saturated rings. The van der Waals surface area contributed by atoms with E-state index in [1.54, 1.807) is 6.42 Å². The van der Waals surface area contributed by atoms with Crippen LogP contribution in [-0.4, -0.2) is 16.1 Å². The fourth-order valence-electron chi connectivity index (χ4n) is 6.00. The van der Waals surface area contributed by atoms with Crippen molar-refractivity contribution in [2.75, 3.05) is 6.54 Å². The van der Waals surface area contributed by atoms with Gasteiger partial charge in [-0.15, -0.1) is 0 Å². The van der Waals surface area contributed by atoms with Gasteiger partial charge in [0.1, 0.15) is 0 Å². The van der Waals surface area contributed by atoms with Crippen molar-refractivity contribution in [3.63, 3.8) is 0 Å². The van der Waals surface area contributed by atoms with Crippen LogP contribution in [0.2, 0.25) is 0 Å². The van der Waals surface area contributed by atoms with Gasteiger partial charge in [0.2, 0.25) is 0 Å². The molecule has 108 valence electrons. The van der Waals surface area contributed by atoms with E-state index in [2.05, 4.69) is 21.2 Å². The molecule has 4 bridgehead atoms. The largest absolute Gasteiger partial charge is 0.333 e. The molecule has 1 aliphatic heterocycles. The summed E-state index contributed by atoms with van der Waals surface area (Å²) in [4.78, 5) is 4.66. The summed E-state index contributed by atoms with van der Waals surface area (Å²) >= 11 is 0. The second kappa shape index (κ2) is 4.33. The highest BCUT2D eigenvalue weighted by Crippen LogP contribution is 2.56. The van der Waals surface area contributed by atoms with E-state index in [0.29, 0.717) is 0 Å². The van der Waals surface area contributed by atoms with E-state index in [1.165, 1.54) is 43.6 Å². The van der Waals surface area contributed by atoms with Crippen LogP contribution < -0.4 is 5.32 Å². The number of imidazole rings is 1. The van der Waals surface area contributed by atoms with Crippen LogP contribution in [0.1, 0.15) is 43.5 Å². The number of hydrogen-bond donors (Lipinski definition) is 1. The zero-order valence-electron chi connectivity index (χ0n) is 12.2. The first-order valence-electron chi connectivity index (χ1n) is 8.60. The number of hydrogen-bond acceptors (Lipinski definition) is 2. The summed E-state index contributed by atoms with van der Waals surface area (Å²) in [6, 6.07) is 0. The number of rotatable bonds is 2. The van der Waals surface area contributed by atoms with Gasteiger partial charge in [0.25, 0.3) is 0 Å². The summed E-state index contributed by atoms with van der Waals surface area (Å²) < 4.78 is 2.49. The van der Waals surface area contributed by atoms with Crippen molar-refractivity contribution in [3.05, 3.63) is 17.7 Å². The van der Waals surface area contributed by atoms with E-state index in [0.717, 1.165) is 49.1 Å². The first kappa shape index (κ1) is 11.8. The van der Waals surface area contributed by atoms with Crippen LogP contribution in [0.25, 0.3) is 0 Å². The Labute approximate surface area is 121 Å². The molecule has 4 saturated carbocycles. The first-order valence-corrected chi connectivity index (χ1v) is 8.60. The molecular weight excluding hydrogens is 246 g/mol. The van der Waals surface area contributed by atoms with E-state index in [1.807, 2.05) is 0 Å². The van der Waals surface area contributed by atoms with Crippen LogP contribution in [0, 0.1) is 29.6 Å². The van der Waals surface area contributed by atoms with Crippen molar-refractivity contribution in [2.24, 2.45) is 29.6 Å². The van der Waals surface area contributed by atoms with Crippen molar-refractivity contribution in [3.8, 4) is 0 Å². The minimum Gasteiger partial charge on any atom is -0.333 e. The van der Waals surface area contributed by atoms with Crippen molar-refractivity contribution < 1.29 is 0 Å². The Morgan fingerprint density at radius 2 is 1.85 bits per heavy atom. The van der Waals surface area contributed by atoms with Gasteiger partial charge in [-0.3, -0.25) is 0 Å². The molecule has 0 aromatic carbocycles. The molecule has 6 rings (SSSR count). The standard InChI is InChI=1S/C17H25N3/c1-2-18-8-17-16(1)19-10-20(17)9-15-13-4-11-3-12(6-13)7-14(15)5-11/h10-15,18H,1-9H2. The van der Waals surface area contributed by atoms with Crippen molar-refractivity contribution in [1.29, 1.82) is 0 Å². The third-order valence-electron chi connectivity index (χ3n) is 6.69. The molecule has 0 atom stereocenters. The third-order valence-corrected chi connectivity index (χ3v) is 6.69. The van der Waals surface area contributed by atoms with Crippen LogP contribution in [-0.2, 0) is 19.5 Å². The summed E-state index contributed by atoms with van der Waals surface area (Å²) in [5.74, 6) is 5.18. The highest BCUT2D eigenvalue weighted by atomic mass is 15.1. The monoisotopic (exact) mass is 271 g/mol. The molecular formula is C17H25N3. The predicted octanol–water partition coefficient (Wildman–Crippen LogP) is 2.60. The molecule has 4 aliphatic carbocycles. The van der Waals surface area contributed by atoms with E-state index in [4.69, 9.17) is 0 Å². The van der Waals surface area contributed by atoms with Gasteiger partial charge in [-0.2, -0.15) is 0 Å². The zero-order valence-corrected chi connectivity index (χ0v) is 12.2. The lowest BCUT2D eigenvalue weighted by atomic mass is 9.52. The van der Waals surface area contributed by atoms with Gasteiger partial charge in [0.05, 0.1) is 17.7 Å². The summed E-state index contributed by atoms with van der Waals surface area (Å²) in [5.41, 5.74) is 2.83.